The number of benzene rings is 1. The Bertz CT molecular complexity index is 753. The van der Waals surface area contributed by atoms with Gasteiger partial charge in [0.15, 0.2) is 23.2 Å². The maximum atomic E-state index is 5.91. The third-order valence-corrected chi connectivity index (χ3v) is 3.84. The van der Waals surface area contributed by atoms with Crippen molar-refractivity contribution in [2.24, 2.45) is 0 Å². The number of hydrogen-bond donors (Lipinski definition) is 0. The van der Waals surface area contributed by atoms with Crippen LogP contribution in [0.3, 0.4) is 0 Å². The lowest BCUT2D eigenvalue weighted by Crippen LogP contribution is -2.19. The highest BCUT2D eigenvalue weighted by molar-refractivity contribution is 6.67. The van der Waals surface area contributed by atoms with E-state index in [-0.39, 0.29) is 23.6 Å². The summed E-state index contributed by atoms with van der Waals surface area (Å²) in [6.07, 6.45) is 1.56. The van der Waals surface area contributed by atoms with E-state index in [1.807, 2.05) is 44.2 Å². The van der Waals surface area contributed by atoms with Gasteiger partial charge in [-0.2, -0.15) is 0 Å². The first-order valence-corrected chi connectivity index (χ1v) is 9.58. The molecule has 4 nitrogen and oxygen atoms in total. The largest absolute Gasteiger partial charge is 0.487 e. The first-order valence-electron chi connectivity index (χ1n) is 7.31. The summed E-state index contributed by atoms with van der Waals surface area (Å²) in [5, 5.41) is 0. The van der Waals surface area contributed by atoms with Crippen molar-refractivity contribution in [3.8, 4) is 0 Å². The first-order chi connectivity index (χ1) is 12.0. The quantitative estimate of drug-likeness (QED) is 0.376. The number of halogens is 6. The zero-order valence-electron chi connectivity index (χ0n) is 13.6. The van der Waals surface area contributed by atoms with E-state index in [9.17, 15) is 0 Å². The van der Waals surface area contributed by atoms with Crippen LogP contribution in [0.5, 0.6) is 0 Å². The van der Waals surface area contributed by atoms with Crippen LogP contribution in [-0.4, -0.2) is 21.1 Å². The smallest absolute Gasteiger partial charge is 0.250 e. The molecular weight excluding hydrogens is 463 g/mol. The zero-order chi connectivity index (χ0) is 19.5. The third kappa shape index (κ3) is 6.29. The van der Waals surface area contributed by atoms with Crippen LogP contribution in [0.1, 0.15) is 36.9 Å². The Hall–Kier alpha value is -0.490. The van der Waals surface area contributed by atoms with Crippen LogP contribution < -0.4 is 0 Å². The van der Waals surface area contributed by atoms with Gasteiger partial charge < -0.3 is 4.74 Å². The normalized spacial score (nSPS) is 13.2. The van der Waals surface area contributed by atoms with E-state index in [0.717, 1.165) is 5.56 Å². The fraction of sp³-hybridized carbons (Fsp3) is 0.312. The van der Waals surface area contributed by atoms with Crippen LogP contribution in [0.4, 0.5) is 0 Å². The number of alkyl halides is 6. The molecular formula is C16H13Cl6N3O. The Morgan fingerprint density at radius 1 is 0.885 bits per heavy atom. The van der Waals surface area contributed by atoms with Crippen molar-refractivity contribution in [1.29, 1.82) is 0 Å². The summed E-state index contributed by atoms with van der Waals surface area (Å²) in [7, 11) is 0. The molecule has 2 rings (SSSR count). The number of hydrogen-bond acceptors (Lipinski definition) is 4. The van der Waals surface area contributed by atoms with Gasteiger partial charge in [0.1, 0.15) is 0 Å². The summed E-state index contributed by atoms with van der Waals surface area (Å²) in [5.41, 5.74) is 0.856. The van der Waals surface area contributed by atoms with E-state index in [1.165, 1.54) is 0 Å². The van der Waals surface area contributed by atoms with E-state index in [4.69, 9.17) is 74.3 Å². The number of rotatable bonds is 4. The van der Waals surface area contributed by atoms with Crippen LogP contribution in [0.15, 0.2) is 30.3 Å². The maximum absolute atomic E-state index is 5.91. The minimum absolute atomic E-state index is 0.0835. The fourth-order valence-electron chi connectivity index (χ4n) is 1.85. The monoisotopic (exact) mass is 473 g/mol. The van der Waals surface area contributed by atoms with Crippen molar-refractivity contribution < 1.29 is 4.74 Å². The van der Waals surface area contributed by atoms with Gasteiger partial charge in [0.2, 0.25) is 7.59 Å². The molecule has 0 spiro atoms. The molecule has 0 fully saturated rings. The fourth-order valence-corrected chi connectivity index (χ4v) is 2.35. The Morgan fingerprint density at radius 2 is 1.38 bits per heavy atom. The minimum atomic E-state index is -1.93. The van der Waals surface area contributed by atoms with Gasteiger partial charge in [-0.25, -0.2) is 15.0 Å². The molecule has 1 aromatic heterocycles. The highest BCUT2D eigenvalue weighted by Crippen LogP contribution is 2.40. The molecule has 0 saturated carbocycles. The Labute approximate surface area is 181 Å². The van der Waals surface area contributed by atoms with Crippen LogP contribution in [0, 0.1) is 0 Å². The SMILES string of the molecule is CC(C)OC(=Cc1ccccc1)c1nc(C(Cl)(Cl)Cl)nc(C(Cl)(Cl)Cl)n1. The average Bonchev–Trinajstić information content (AvgIpc) is 2.53. The van der Waals surface area contributed by atoms with Gasteiger partial charge in [-0.15, -0.1) is 0 Å². The molecule has 1 aromatic carbocycles. The van der Waals surface area contributed by atoms with Crippen molar-refractivity contribution in [1.82, 2.24) is 15.0 Å². The molecule has 0 saturated heterocycles. The van der Waals surface area contributed by atoms with Crippen LogP contribution in [0.25, 0.3) is 11.8 Å². The van der Waals surface area contributed by atoms with Gasteiger partial charge in [0.25, 0.3) is 0 Å². The number of nitrogens with zero attached hydrogens (tertiary/aromatic N) is 3. The molecule has 0 amide bonds. The molecule has 0 aliphatic rings. The first kappa shape index (κ1) is 21.8. The topological polar surface area (TPSA) is 47.9 Å². The molecule has 140 valence electrons. The highest BCUT2D eigenvalue weighted by Gasteiger charge is 2.34. The van der Waals surface area contributed by atoms with Crippen molar-refractivity contribution in [2.45, 2.75) is 27.5 Å². The van der Waals surface area contributed by atoms with E-state index in [2.05, 4.69) is 15.0 Å². The molecule has 10 heteroatoms. The molecule has 0 bridgehead atoms. The minimum Gasteiger partial charge on any atom is -0.487 e. The Morgan fingerprint density at radius 3 is 1.81 bits per heavy atom. The van der Waals surface area contributed by atoms with Crippen LogP contribution >= 0.6 is 69.6 Å². The second-order valence-electron chi connectivity index (χ2n) is 5.39. The summed E-state index contributed by atoms with van der Waals surface area (Å²) in [6, 6.07) is 9.43. The lowest BCUT2D eigenvalue weighted by atomic mass is 10.2. The van der Waals surface area contributed by atoms with Gasteiger partial charge in [-0.05, 0) is 25.5 Å². The second kappa shape index (κ2) is 8.68. The lowest BCUT2D eigenvalue weighted by molar-refractivity contribution is 0.203. The summed E-state index contributed by atoms with van der Waals surface area (Å²) < 4.78 is 1.96. The summed E-state index contributed by atoms with van der Waals surface area (Å²) >= 11 is 35.5. The molecule has 0 N–H and O–H groups in total. The van der Waals surface area contributed by atoms with E-state index >= 15 is 0 Å². The summed E-state index contributed by atoms with van der Waals surface area (Å²) in [4.78, 5) is 12.3. The van der Waals surface area contributed by atoms with Crippen molar-refractivity contribution in [3.05, 3.63) is 53.4 Å². The zero-order valence-corrected chi connectivity index (χ0v) is 18.1. The molecule has 26 heavy (non-hydrogen) atoms. The summed E-state index contributed by atoms with van der Waals surface area (Å²) in [5.74, 6) is 0.0417. The average molecular weight is 476 g/mol. The number of ether oxygens (including phenoxy) is 1. The van der Waals surface area contributed by atoms with Crippen molar-refractivity contribution in [2.75, 3.05) is 0 Å². The second-order valence-corrected chi connectivity index (χ2v) is 9.95. The molecule has 0 unspecified atom stereocenters. The molecule has 0 aliphatic carbocycles. The highest BCUT2D eigenvalue weighted by atomic mass is 35.6. The maximum Gasteiger partial charge on any atom is 0.250 e. The molecule has 0 radical (unpaired) electrons. The third-order valence-electron chi connectivity index (χ3n) is 2.82. The van der Waals surface area contributed by atoms with Crippen LogP contribution in [0.2, 0.25) is 0 Å². The molecule has 0 aliphatic heterocycles. The predicted molar refractivity (Wildman–Crippen MR) is 109 cm³/mol. The van der Waals surface area contributed by atoms with Crippen LogP contribution in [-0.2, 0) is 12.3 Å². The van der Waals surface area contributed by atoms with Gasteiger partial charge in [0.05, 0.1) is 6.10 Å². The standard InChI is InChI=1S/C16H13Cl6N3O/c1-9(2)26-11(8-10-6-4-3-5-7-10)12-23-13(15(17,18)19)25-14(24-12)16(20,21)22/h3-9H,1-2H3. The predicted octanol–water partition coefficient (Wildman–Crippen LogP) is 6.45. The Balaban J connectivity index is 2.65. The van der Waals surface area contributed by atoms with Gasteiger partial charge in [-0.3, -0.25) is 0 Å². The van der Waals surface area contributed by atoms with E-state index in [0.29, 0.717) is 5.76 Å². The van der Waals surface area contributed by atoms with Crippen molar-refractivity contribution in [3.63, 3.8) is 0 Å². The Kier molecular flexibility index (Phi) is 7.28. The molecule has 2 aromatic rings. The molecule has 0 atom stereocenters. The molecule has 1 heterocycles. The van der Waals surface area contributed by atoms with Gasteiger partial charge in [-0.1, -0.05) is 99.9 Å². The van der Waals surface area contributed by atoms with E-state index in [1.54, 1.807) is 6.08 Å². The van der Waals surface area contributed by atoms with E-state index < -0.39 is 7.59 Å². The lowest BCUT2D eigenvalue weighted by Gasteiger charge is -2.18. The number of aromatic nitrogens is 3. The summed E-state index contributed by atoms with van der Waals surface area (Å²) in [6.45, 7) is 3.71. The van der Waals surface area contributed by atoms with Gasteiger partial charge >= 0.3 is 0 Å². The van der Waals surface area contributed by atoms with Crippen molar-refractivity contribution >= 4 is 81.4 Å². The van der Waals surface area contributed by atoms with Gasteiger partial charge in [0, 0.05) is 0 Å².